The Labute approximate surface area is 132 Å². The normalized spacial score (nSPS) is 12.3. The van der Waals surface area contributed by atoms with Gasteiger partial charge in [0.15, 0.2) is 0 Å². The van der Waals surface area contributed by atoms with Gasteiger partial charge in [0.1, 0.15) is 6.04 Å². The Hall–Kier alpha value is -2.49. The quantitative estimate of drug-likeness (QED) is 0.570. The van der Waals surface area contributed by atoms with Crippen LogP contribution in [0, 0.1) is 0 Å². The van der Waals surface area contributed by atoms with E-state index >= 15 is 0 Å². The van der Waals surface area contributed by atoms with Gasteiger partial charge in [-0.25, -0.2) is 0 Å². The predicted octanol–water partition coefficient (Wildman–Crippen LogP) is -0.545. The number of carbonyl (C=O) groups is 3. The van der Waals surface area contributed by atoms with Crippen LogP contribution in [0.25, 0.3) is 0 Å². The second-order valence-corrected chi connectivity index (χ2v) is 5.90. The third-order valence-corrected chi connectivity index (χ3v) is 3.70. The molecule has 0 saturated heterocycles. The molecule has 1 aromatic carbocycles. The number of primary amides is 1. The molecule has 126 valence electrons. The molecule has 8 nitrogen and oxygen atoms in total. The Bertz CT molecular complexity index is 703. The highest BCUT2D eigenvalue weighted by molar-refractivity contribution is 7.86. The fourth-order valence-electron chi connectivity index (χ4n) is 1.58. The molecule has 10 heteroatoms. The highest BCUT2D eigenvalue weighted by Gasteiger charge is 2.19. The standard InChI is InChI=1S/C13H16FN3O5S/c1-2-11(18)17-10(12(15)19)7-16-13(20)8-3-5-9(6-4-8)23(14,21)22/h3-6,10H,2,7H2,1H3,(H2,15,19)(H,16,20)(H,17,18). The van der Waals surface area contributed by atoms with E-state index in [0.29, 0.717) is 0 Å². The molecule has 0 aliphatic rings. The van der Waals surface area contributed by atoms with E-state index in [1.165, 1.54) is 0 Å². The second-order valence-electron chi connectivity index (χ2n) is 4.55. The molecule has 1 rings (SSSR count). The second kappa shape index (κ2) is 7.68. The number of rotatable bonds is 7. The zero-order valence-electron chi connectivity index (χ0n) is 12.2. The molecule has 4 N–H and O–H groups in total. The van der Waals surface area contributed by atoms with Crippen molar-refractivity contribution in [3.8, 4) is 0 Å². The lowest BCUT2D eigenvalue weighted by atomic mass is 10.2. The van der Waals surface area contributed by atoms with Crippen molar-refractivity contribution >= 4 is 27.9 Å². The molecule has 0 radical (unpaired) electrons. The van der Waals surface area contributed by atoms with Crippen LogP contribution in [0.1, 0.15) is 23.7 Å². The van der Waals surface area contributed by atoms with E-state index < -0.39 is 38.9 Å². The van der Waals surface area contributed by atoms with Gasteiger partial charge < -0.3 is 16.4 Å². The van der Waals surface area contributed by atoms with Gasteiger partial charge in [-0.3, -0.25) is 14.4 Å². The summed E-state index contributed by atoms with van der Waals surface area (Å²) in [5, 5.41) is 4.72. The maximum atomic E-state index is 12.7. The number of amides is 3. The van der Waals surface area contributed by atoms with Crippen molar-refractivity contribution in [3.63, 3.8) is 0 Å². The van der Waals surface area contributed by atoms with E-state index in [0.717, 1.165) is 24.3 Å². The van der Waals surface area contributed by atoms with Crippen LogP contribution in [0.2, 0.25) is 0 Å². The molecule has 0 saturated carbocycles. The van der Waals surface area contributed by atoms with Crippen LogP contribution in [0.3, 0.4) is 0 Å². The molecule has 0 aliphatic carbocycles. The summed E-state index contributed by atoms with van der Waals surface area (Å²) >= 11 is 0. The van der Waals surface area contributed by atoms with Crippen molar-refractivity contribution < 1.29 is 26.7 Å². The number of benzene rings is 1. The minimum absolute atomic E-state index is 0.0578. The molecule has 3 amide bonds. The van der Waals surface area contributed by atoms with E-state index in [2.05, 4.69) is 10.6 Å². The monoisotopic (exact) mass is 345 g/mol. The Morgan fingerprint density at radius 2 is 1.78 bits per heavy atom. The molecule has 1 aromatic rings. The number of halogens is 1. The number of nitrogens with one attached hydrogen (secondary N) is 2. The third-order valence-electron chi connectivity index (χ3n) is 2.86. The Morgan fingerprint density at radius 1 is 1.22 bits per heavy atom. The predicted molar refractivity (Wildman–Crippen MR) is 78.5 cm³/mol. The maximum Gasteiger partial charge on any atom is 0.332 e. The topological polar surface area (TPSA) is 135 Å². The van der Waals surface area contributed by atoms with Crippen molar-refractivity contribution in [3.05, 3.63) is 29.8 Å². The Balaban J connectivity index is 2.71. The van der Waals surface area contributed by atoms with Crippen LogP contribution in [-0.2, 0) is 19.8 Å². The summed E-state index contributed by atoms with van der Waals surface area (Å²) in [7, 11) is -4.84. The number of nitrogens with two attached hydrogens (primary N) is 1. The van der Waals surface area contributed by atoms with E-state index in [4.69, 9.17) is 5.73 Å². The van der Waals surface area contributed by atoms with Crippen LogP contribution in [-0.4, -0.2) is 38.7 Å². The highest BCUT2D eigenvalue weighted by atomic mass is 32.3. The molecule has 23 heavy (non-hydrogen) atoms. The fourth-order valence-corrected chi connectivity index (χ4v) is 2.05. The first-order valence-corrected chi connectivity index (χ1v) is 7.95. The van der Waals surface area contributed by atoms with Gasteiger partial charge in [0.25, 0.3) is 5.91 Å². The average molecular weight is 345 g/mol. The first-order valence-electron chi connectivity index (χ1n) is 6.56. The summed E-state index contributed by atoms with van der Waals surface area (Å²) in [6, 6.07) is 3.04. The Kier molecular flexibility index (Phi) is 6.19. The molecule has 0 fully saturated rings. The molecule has 0 heterocycles. The van der Waals surface area contributed by atoms with Gasteiger partial charge in [0.2, 0.25) is 11.8 Å². The van der Waals surface area contributed by atoms with Crippen LogP contribution in [0.4, 0.5) is 3.89 Å². The number of carbonyl (C=O) groups excluding carboxylic acids is 3. The van der Waals surface area contributed by atoms with E-state index in [9.17, 15) is 26.7 Å². The lowest BCUT2D eigenvalue weighted by molar-refractivity contribution is -0.127. The zero-order chi connectivity index (χ0) is 17.6. The van der Waals surface area contributed by atoms with E-state index in [1.54, 1.807) is 6.92 Å². The minimum Gasteiger partial charge on any atom is -0.368 e. The molecule has 0 spiro atoms. The summed E-state index contributed by atoms with van der Waals surface area (Å²) in [4.78, 5) is 33.8. The fraction of sp³-hybridized carbons (Fsp3) is 0.308. The highest BCUT2D eigenvalue weighted by Crippen LogP contribution is 2.12. The summed E-state index contributed by atoms with van der Waals surface area (Å²) in [6.07, 6.45) is 0.150. The van der Waals surface area contributed by atoms with Crippen molar-refractivity contribution in [1.82, 2.24) is 10.6 Å². The first kappa shape index (κ1) is 18.6. The van der Waals surface area contributed by atoms with Crippen LogP contribution < -0.4 is 16.4 Å². The molecule has 0 aromatic heterocycles. The number of hydrogen-bond acceptors (Lipinski definition) is 5. The number of hydrogen-bond donors (Lipinski definition) is 3. The lowest BCUT2D eigenvalue weighted by Crippen LogP contribution is -2.51. The maximum absolute atomic E-state index is 12.7. The summed E-state index contributed by atoms with van der Waals surface area (Å²) < 4.78 is 34.1. The van der Waals surface area contributed by atoms with Crippen LogP contribution in [0.5, 0.6) is 0 Å². The lowest BCUT2D eigenvalue weighted by Gasteiger charge is -2.15. The average Bonchev–Trinajstić information content (AvgIpc) is 2.49. The summed E-state index contributed by atoms with van der Waals surface area (Å²) in [5.41, 5.74) is 5.18. The SMILES string of the molecule is CCC(=O)NC(CNC(=O)c1ccc(S(=O)(=O)F)cc1)C(N)=O. The van der Waals surface area contributed by atoms with Gasteiger partial charge in [-0.1, -0.05) is 6.92 Å². The van der Waals surface area contributed by atoms with Crippen molar-refractivity contribution in [1.29, 1.82) is 0 Å². The molecule has 1 atom stereocenters. The largest absolute Gasteiger partial charge is 0.368 e. The molecular weight excluding hydrogens is 329 g/mol. The van der Waals surface area contributed by atoms with Crippen LogP contribution in [0.15, 0.2) is 29.2 Å². The summed E-state index contributed by atoms with van der Waals surface area (Å²) in [5.74, 6) is -1.85. The first-order chi connectivity index (χ1) is 10.6. The van der Waals surface area contributed by atoms with Gasteiger partial charge in [-0.15, -0.1) is 3.89 Å². The van der Waals surface area contributed by atoms with Crippen LogP contribution >= 0.6 is 0 Å². The smallest absolute Gasteiger partial charge is 0.332 e. The van der Waals surface area contributed by atoms with E-state index in [1.807, 2.05) is 0 Å². The third kappa shape index (κ3) is 5.66. The van der Waals surface area contributed by atoms with E-state index in [-0.39, 0.29) is 18.5 Å². The zero-order valence-corrected chi connectivity index (χ0v) is 13.0. The van der Waals surface area contributed by atoms with Gasteiger partial charge in [0, 0.05) is 18.5 Å². The van der Waals surface area contributed by atoms with Gasteiger partial charge in [0.05, 0.1) is 4.90 Å². The Morgan fingerprint density at radius 3 is 2.22 bits per heavy atom. The minimum atomic E-state index is -4.84. The van der Waals surface area contributed by atoms with Crippen molar-refractivity contribution in [2.75, 3.05) is 6.54 Å². The van der Waals surface area contributed by atoms with Gasteiger partial charge in [-0.05, 0) is 24.3 Å². The summed E-state index contributed by atoms with van der Waals surface area (Å²) in [6.45, 7) is 1.36. The molecule has 0 bridgehead atoms. The van der Waals surface area contributed by atoms with Crippen molar-refractivity contribution in [2.24, 2.45) is 5.73 Å². The van der Waals surface area contributed by atoms with Gasteiger partial charge in [-0.2, -0.15) is 8.42 Å². The molecule has 1 unspecified atom stereocenters. The van der Waals surface area contributed by atoms with Crippen molar-refractivity contribution in [2.45, 2.75) is 24.3 Å². The van der Waals surface area contributed by atoms with Gasteiger partial charge >= 0.3 is 10.2 Å². The molecular formula is C13H16FN3O5S. The molecule has 0 aliphatic heterocycles.